The van der Waals surface area contributed by atoms with Crippen molar-refractivity contribution in [3.05, 3.63) is 54.1 Å². The van der Waals surface area contributed by atoms with Gasteiger partial charge in [0.25, 0.3) is 0 Å². The summed E-state index contributed by atoms with van der Waals surface area (Å²) < 4.78 is 53.3. The minimum absolute atomic E-state index is 0.121. The van der Waals surface area contributed by atoms with Gasteiger partial charge in [0.1, 0.15) is 11.6 Å². The average Bonchev–Trinajstić information content (AvgIpc) is 2.56. The Morgan fingerprint density at radius 2 is 1.63 bits per heavy atom. The average molecular weight is 397 g/mol. The Labute approximate surface area is 154 Å². The van der Waals surface area contributed by atoms with Crippen molar-refractivity contribution >= 4 is 33.2 Å². The molecule has 0 aliphatic heterocycles. The van der Waals surface area contributed by atoms with Crippen molar-refractivity contribution in [3.63, 3.8) is 0 Å². The maximum atomic E-state index is 13.6. The van der Waals surface area contributed by atoms with Gasteiger partial charge in [0, 0.05) is 18.7 Å². The van der Waals surface area contributed by atoms with Crippen LogP contribution in [-0.2, 0) is 19.6 Å². The fourth-order valence-electron chi connectivity index (χ4n) is 2.11. The summed E-state index contributed by atoms with van der Waals surface area (Å²) >= 11 is 0. The number of hydrogen-bond acceptors (Lipinski definition) is 4. The van der Waals surface area contributed by atoms with Crippen LogP contribution in [-0.4, -0.2) is 26.3 Å². The first-order valence-corrected chi connectivity index (χ1v) is 9.23. The highest BCUT2D eigenvalue weighted by atomic mass is 32.2. The molecular weight excluding hydrogens is 380 g/mol. The van der Waals surface area contributed by atoms with Crippen LogP contribution in [0, 0.1) is 11.6 Å². The van der Waals surface area contributed by atoms with Crippen LogP contribution in [0.2, 0.25) is 0 Å². The largest absolute Gasteiger partial charge is 0.326 e. The van der Waals surface area contributed by atoms with Crippen molar-refractivity contribution in [1.29, 1.82) is 0 Å². The predicted octanol–water partition coefficient (Wildman–Crippen LogP) is 2.23. The fraction of sp³-hybridized carbons (Fsp3) is 0.176. The van der Waals surface area contributed by atoms with E-state index in [9.17, 15) is 26.8 Å². The van der Waals surface area contributed by atoms with Crippen molar-refractivity contribution in [3.8, 4) is 0 Å². The molecule has 0 bridgehead atoms. The second kappa shape index (κ2) is 8.23. The highest BCUT2D eigenvalue weighted by Gasteiger charge is 2.23. The van der Waals surface area contributed by atoms with Crippen LogP contribution in [0.3, 0.4) is 0 Å². The molecule has 0 heterocycles. The number of benzene rings is 2. The lowest BCUT2D eigenvalue weighted by atomic mass is 10.2. The molecule has 10 heteroatoms. The monoisotopic (exact) mass is 397 g/mol. The van der Waals surface area contributed by atoms with E-state index in [4.69, 9.17) is 0 Å². The van der Waals surface area contributed by atoms with Gasteiger partial charge in [0.05, 0.1) is 16.6 Å². The number of carbonyl (C=O) groups excluding carboxylic acids is 2. The molecule has 0 unspecified atom stereocenters. The first kappa shape index (κ1) is 20.5. The summed E-state index contributed by atoms with van der Waals surface area (Å²) in [6.45, 7) is 2.59. The molecule has 144 valence electrons. The lowest BCUT2D eigenvalue weighted by Gasteiger charge is -2.15. The van der Waals surface area contributed by atoms with Crippen LogP contribution in [0.4, 0.5) is 20.2 Å². The van der Waals surface area contributed by atoms with E-state index in [1.807, 2.05) is 0 Å². The Hall–Kier alpha value is -2.85. The van der Waals surface area contributed by atoms with Gasteiger partial charge < -0.3 is 10.6 Å². The number of hydrogen-bond donors (Lipinski definition) is 3. The smallest absolute Gasteiger partial charge is 0.242 e. The van der Waals surface area contributed by atoms with Gasteiger partial charge in [-0.2, -0.15) is 4.72 Å². The molecular formula is C17H17F2N3O4S. The predicted molar refractivity (Wildman–Crippen MR) is 95.5 cm³/mol. The molecule has 2 aromatic carbocycles. The van der Waals surface area contributed by atoms with Crippen molar-refractivity contribution < 1.29 is 26.8 Å². The van der Waals surface area contributed by atoms with Crippen LogP contribution in [0.15, 0.2) is 47.4 Å². The third-order valence-electron chi connectivity index (χ3n) is 3.40. The minimum Gasteiger partial charge on any atom is -0.326 e. The molecule has 0 saturated carbocycles. The molecule has 2 rings (SSSR count). The van der Waals surface area contributed by atoms with E-state index in [0.717, 1.165) is 12.1 Å². The van der Waals surface area contributed by atoms with Crippen molar-refractivity contribution in [2.45, 2.75) is 24.8 Å². The summed E-state index contributed by atoms with van der Waals surface area (Å²) in [5.41, 5.74) is 0.145. The Balaban J connectivity index is 2.07. The number of halogens is 2. The number of nitrogens with one attached hydrogen (secondary N) is 3. The molecule has 0 aromatic heterocycles. The minimum atomic E-state index is -4.04. The highest BCUT2D eigenvalue weighted by Crippen LogP contribution is 2.17. The number of sulfonamides is 1. The van der Waals surface area contributed by atoms with Crippen LogP contribution in [0.5, 0.6) is 0 Å². The number of carbonyl (C=O) groups is 2. The molecule has 27 heavy (non-hydrogen) atoms. The highest BCUT2D eigenvalue weighted by molar-refractivity contribution is 7.89. The van der Waals surface area contributed by atoms with Gasteiger partial charge in [-0.15, -0.1) is 0 Å². The SMILES string of the molecule is CC(=O)Nc1ccc(S(=O)(=O)N[C@@H](C)C(=O)Nc2ccc(F)cc2F)cc1. The maximum absolute atomic E-state index is 13.6. The summed E-state index contributed by atoms with van der Waals surface area (Å²) in [5, 5.41) is 4.69. The van der Waals surface area contributed by atoms with E-state index in [1.165, 1.54) is 38.1 Å². The van der Waals surface area contributed by atoms with E-state index in [2.05, 4.69) is 15.4 Å². The first-order chi connectivity index (χ1) is 12.6. The quantitative estimate of drug-likeness (QED) is 0.695. The molecule has 0 aliphatic rings. The normalized spacial score (nSPS) is 12.3. The molecule has 2 aromatic rings. The van der Waals surface area contributed by atoms with E-state index in [0.29, 0.717) is 11.8 Å². The lowest BCUT2D eigenvalue weighted by molar-refractivity contribution is -0.117. The van der Waals surface area contributed by atoms with Crippen LogP contribution in [0.25, 0.3) is 0 Å². The number of anilines is 2. The summed E-state index contributed by atoms with van der Waals surface area (Å²) in [6, 6.07) is 6.68. The molecule has 0 fully saturated rings. The molecule has 2 amide bonds. The van der Waals surface area contributed by atoms with Crippen molar-refractivity contribution in [1.82, 2.24) is 4.72 Å². The van der Waals surface area contributed by atoms with Gasteiger partial charge in [-0.25, -0.2) is 17.2 Å². The number of rotatable bonds is 6. The zero-order valence-electron chi connectivity index (χ0n) is 14.4. The van der Waals surface area contributed by atoms with E-state index in [-0.39, 0.29) is 16.5 Å². The zero-order valence-corrected chi connectivity index (χ0v) is 15.2. The van der Waals surface area contributed by atoms with Gasteiger partial charge in [0.2, 0.25) is 21.8 Å². The van der Waals surface area contributed by atoms with Crippen LogP contribution < -0.4 is 15.4 Å². The summed E-state index contributed by atoms with van der Waals surface area (Å²) in [6.07, 6.45) is 0. The van der Waals surface area contributed by atoms with Crippen LogP contribution >= 0.6 is 0 Å². The summed E-state index contributed by atoms with van der Waals surface area (Å²) in [4.78, 5) is 22.9. The fourth-order valence-corrected chi connectivity index (χ4v) is 3.31. The summed E-state index contributed by atoms with van der Waals surface area (Å²) in [5.74, 6) is -2.91. The Kier molecular flexibility index (Phi) is 6.24. The second-order valence-corrected chi connectivity index (χ2v) is 7.38. The Morgan fingerprint density at radius 1 is 1.00 bits per heavy atom. The molecule has 3 N–H and O–H groups in total. The van der Waals surface area contributed by atoms with Crippen molar-refractivity contribution in [2.75, 3.05) is 10.6 Å². The van der Waals surface area contributed by atoms with E-state index < -0.39 is 33.6 Å². The topological polar surface area (TPSA) is 104 Å². The standard InChI is InChI=1S/C17H17F2N3O4S/c1-10(17(24)21-16-8-3-12(18)9-15(16)19)22-27(25,26)14-6-4-13(5-7-14)20-11(2)23/h3-10,22H,1-2H3,(H,20,23)(H,21,24)/t10-/m0/s1. The zero-order chi connectivity index (χ0) is 20.2. The molecule has 0 aliphatic carbocycles. The van der Waals surface area contributed by atoms with E-state index in [1.54, 1.807) is 0 Å². The third-order valence-corrected chi connectivity index (χ3v) is 4.96. The van der Waals surface area contributed by atoms with Crippen LogP contribution in [0.1, 0.15) is 13.8 Å². The molecule has 0 spiro atoms. The van der Waals surface area contributed by atoms with Gasteiger partial charge >= 0.3 is 0 Å². The molecule has 7 nitrogen and oxygen atoms in total. The Bertz CT molecular complexity index is 963. The molecule has 0 saturated heterocycles. The van der Waals surface area contributed by atoms with E-state index >= 15 is 0 Å². The van der Waals surface area contributed by atoms with Crippen molar-refractivity contribution in [2.24, 2.45) is 0 Å². The molecule has 1 atom stereocenters. The second-order valence-electron chi connectivity index (χ2n) is 5.66. The maximum Gasteiger partial charge on any atom is 0.242 e. The van der Waals surface area contributed by atoms with Gasteiger partial charge in [0.15, 0.2) is 0 Å². The van der Waals surface area contributed by atoms with Gasteiger partial charge in [-0.1, -0.05) is 0 Å². The molecule has 0 radical (unpaired) electrons. The van der Waals surface area contributed by atoms with Gasteiger partial charge in [-0.3, -0.25) is 9.59 Å². The first-order valence-electron chi connectivity index (χ1n) is 7.74. The summed E-state index contributed by atoms with van der Waals surface area (Å²) in [7, 11) is -4.04. The van der Waals surface area contributed by atoms with Gasteiger partial charge in [-0.05, 0) is 43.3 Å². The lowest BCUT2D eigenvalue weighted by Crippen LogP contribution is -2.41. The third kappa shape index (κ3) is 5.56. The Morgan fingerprint density at radius 3 is 2.19 bits per heavy atom. The number of amides is 2.